The number of carbonyl (C=O) groups is 4. The summed E-state index contributed by atoms with van der Waals surface area (Å²) >= 11 is 0. The smallest absolute Gasteiger partial charge is 0.565 e. The molecule has 13 heteroatoms. The van der Waals surface area contributed by atoms with Crippen LogP contribution < -0.4 is 56.5 Å². The van der Waals surface area contributed by atoms with E-state index >= 15 is 0 Å². The van der Waals surface area contributed by atoms with Crippen molar-refractivity contribution in [1.29, 1.82) is 0 Å². The molecule has 17 heavy (non-hydrogen) atoms. The number of rotatable bonds is 0. The Morgan fingerprint density at radius 2 is 0.588 bits per heavy atom. The summed E-state index contributed by atoms with van der Waals surface area (Å²) in [7, 11) is 0. The van der Waals surface area contributed by atoms with Crippen LogP contribution in [0.4, 0.5) is 19.2 Å². The van der Waals surface area contributed by atoms with Gasteiger partial charge in [0.2, 0.25) is 6.16 Å². The second kappa shape index (κ2) is 24.1. The van der Waals surface area contributed by atoms with Crippen LogP contribution in [0.25, 0.3) is 0 Å². The van der Waals surface area contributed by atoms with Crippen LogP contribution >= 0.6 is 0 Å². The Bertz CT molecular complexity index is 159. The van der Waals surface area contributed by atoms with Crippen LogP contribution in [0.1, 0.15) is 0 Å². The summed E-state index contributed by atoms with van der Waals surface area (Å²) in [6.45, 7) is 0. The maximum Gasteiger partial charge on any atom is 1.00 e. The summed E-state index contributed by atoms with van der Waals surface area (Å²) in [6, 6.07) is 0. The average Bonchev–Trinajstić information content (AvgIpc) is 1.76. The Morgan fingerprint density at radius 1 is 0.588 bits per heavy atom. The molecule has 0 bridgehead atoms. The molecule has 0 aliphatic rings. The Morgan fingerprint density at radius 3 is 0.588 bits per heavy atom. The van der Waals surface area contributed by atoms with Gasteiger partial charge in [0.05, 0.1) is 0 Å². The third kappa shape index (κ3) is 1440. The molecule has 7 N–H and O–H groups in total. The van der Waals surface area contributed by atoms with Gasteiger partial charge in [-0.1, -0.05) is 0 Å². The predicted octanol–water partition coefficient (Wildman–Crippen LogP) is -3.44. The Labute approximate surface area is 135 Å². The molecule has 12 nitrogen and oxygen atoms in total. The zero-order valence-electron chi connectivity index (χ0n) is 8.17. The van der Waals surface area contributed by atoms with E-state index in [1.165, 1.54) is 0 Å². The van der Waals surface area contributed by atoms with E-state index < -0.39 is 24.6 Å². The second-order valence-corrected chi connectivity index (χ2v) is 1.11. The van der Waals surface area contributed by atoms with Crippen molar-refractivity contribution < 1.29 is 111 Å². The molecule has 0 saturated heterocycles. The molecule has 0 aliphatic carbocycles. The summed E-state index contributed by atoms with van der Waals surface area (Å²) in [6.07, 6.45) is -7.58. The minimum absolute atomic E-state index is 0. The van der Waals surface area contributed by atoms with E-state index in [1.807, 2.05) is 0 Å². The first-order valence-electron chi connectivity index (χ1n) is 2.59. The van der Waals surface area contributed by atoms with Crippen LogP contribution in [0.2, 0.25) is 0 Å². The normalized spacial score (nSPS) is 5.65. The molecule has 0 atom stereocenters. The Kier molecular flexibility index (Phi) is 42.0. The van der Waals surface area contributed by atoms with Crippen LogP contribution in [0.3, 0.4) is 0 Å². The summed E-state index contributed by atoms with van der Waals surface area (Å²) in [5.41, 5.74) is 0. The van der Waals surface area contributed by atoms with Crippen LogP contribution in [0, 0.1) is 0 Å². The maximum absolute atomic E-state index is 8.56. The van der Waals surface area contributed by atoms with Crippen molar-refractivity contribution in [2.24, 2.45) is 0 Å². The van der Waals surface area contributed by atoms with Gasteiger partial charge in [0.1, 0.15) is 0 Å². The van der Waals surface area contributed by atoms with Crippen molar-refractivity contribution in [3.8, 4) is 0 Å². The fourth-order valence-electron chi connectivity index (χ4n) is 0. The van der Waals surface area contributed by atoms with Gasteiger partial charge in [0.15, 0.2) is 0 Å². The predicted molar refractivity (Wildman–Crippen MR) is 40.0 cm³/mol. The molecule has 0 rings (SSSR count). The fraction of sp³-hybridized carbons (Fsp3) is 0. The molecule has 0 heterocycles. The summed E-state index contributed by atoms with van der Waals surface area (Å²) in [4.78, 5) is 34.1. The minimum atomic E-state index is -2.08. The molecule has 0 radical (unpaired) electrons. The van der Waals surface area contributed by atoms with Gasteiger partial charge < -0.3 is 45.6 Å². The van der Waals surface area contributed by atoms with Gasteiger partial charge in [0, 0.05) is 0 Å². The van der Waals surface area contributed by atoms with E-state index in [2.05, 4.69) is 0 Å². The van der Waals surface area contributed by atoms with Crippen LogP contribution in [0.5, 0.6) is 0 Å². The second-order valence-electron chi connectivity index (χ2n) is 1.11. The molecule has 0 unspecified atom stereocenters. The molecular formula is C4H7KO12. The third-order valence-corrected chi connectivity index (χ3v) is 0. The first-order chi connectivity index (χ1) is 6.93. The van der Waals surface area contributed by atoms with Gasteiger partial charge in [-0.2, -0.15) is 0 Å². The van der Waals surface area contributed by atoms with E-state index in [9.17, 15) is 0 Å². The first-order valence-corrected chi connectivity index (χ1v) is 2.59. The zero-order valence-corrected chi connectivity index (χ0v) is 11.3. The Hall–Kier alpha value is -1.28. The van der Waals surface area contributed by atoms with Gasteiger partial charge >= 0.3 is 69.9 Å². The van der Waals surface area contributed by atoms with Crippen molar-refractivity contribution in [3.05, 3.63) is 0 Å². The van der Waals surface area contributed by atoms with Gasteiger partial charge in [-0.3, -0.25) is 0 Å². The molecule has 0 saturated carbocycles. The van der Waals surface area contributed by atoms with E-state index in [-0.39, 0.29) is 51.4 Å². The first kappa shape index (κ1) is 29.6. The molecule has 96 valence electrons. The summed E-state index contributed by atoms with van der Waals surface area (Å²) < 4.78 is 0. The van der Waals surface area contributed by atoms with Crippen LogP contribution in [0.15, 0.2) is 0 Å². The van der Waals surface area contributed by atoms with Gasteiger partial charge in [-0.05, 0) is 0 Å². The number of hydrogen-bond donors (Lipinski definition) is 7. The standard InChI is InChI=1S/4CH2O3.K/c4*2-1(3)4;/h4*(H2,2,3,4);/q;;;;+1/p-1. The average molecular weight is 286 g/mol. The molecule has 0 aromatic rings. The molecule has 0 amide bonds. The minimum Gasteiger partial charge on any atom is -0.565 e. The van der Waals surface area contributed by atoms with Gasteiger partial charge in [-0.15, -0.1) is 0 Å². The molecule has 0 spiro atoms. The topological polar surface area (TPSA) is 233 Å². The summed E-state index contributed by atoms with van der Waals surface area (Å²) in [5.74, 6) is 0. The van der Waals surface area contributed by atoms with Crippen molar-refractivity contribution in [2.75, 3.05) is 0 Å². The van der Waals surface area contributed by atoms with E-state index in [0.29, 0.717) is 0 Å². The van der Waals surface area contributed by atoms with E-state index in [4.69, 9.17) is 60.0 Å². The van der Waals surface area contributed by atoms with E-state index in [1.54, 1.807) is 0 Å². The third-order valence-electron chi connectivity index (χ3n) is 0. The molecule has 0 aliphatic heterocycles. The molecule has 0 fully saturated rings. The molecule has 0 aromatic carbocycles. The van der Waals surface area contributed by atoms with Crippen molar-refractivity contribution in [2.45, 2.75) is 0 Å². The zero-order chi connectivity index (χ0) is 14.3. The number of hydrogen-bond acceptors (Lipinski definition) is 5. The van der Waals surface area contributed by atoms with Crippen LogP contribution in [-0.2, 0) is 0 Å². The monoisotopic (exact) mass is 286 g/mol. The van der Waals surface area contributed by atoms with Crippen molar-refractivity contribution in [1.82, 2.24) is 0 Å². The largest absolute Gasteiger partial charge is 1.00 e. The quantitative estimate of drug-likeness (QED) is 0.215. The van der Waals surface area contributed by atoms with E-state index in [0.717, 1.165) is 0 Å². The van der Waals surface area contributed by atoms with Gasteiger partial charge in [-0.25, -0.2) is 14.4 Å². The van der Waals surface area contributed by atoms with Gasteiger partial charge in [0.25, 0.3) is 0 Å². The Balaban J connectivity index is -0.0000000369. The maximum atomic E-state index is 8.56. The van der Waals surface area contributed by atoms with Crippen molar-refractivity contribution >= 4 is 24.6 Å². The summed E-state index contributed by atoms with van der Waals surface area (Å²) in [5, 5.41) is 57.1. The molecular weight excluding hydrogens is 279 g/mol. The number of carboxylic acid groups (broad SMARTS) is 8. The molecule has 0 aromatic heterocycles. The fourth-order valence-corrected chi connectivity index (χ4v) is 0. The van der Waals surface area contributed by atoms with Crippen LogP contribution in [-0.4, -0.2) is 60.4 Å². The van der Waals surface area contributed by atoms with Crippen molar-refractivity contribution in [3.63, 3.8) is 0 Å². The SMILES string of the molecule is O=C(O)O.O=C(O)O.O=C(O)O.O=C([O-])O.[K+].